The molecule has 0 unspecified atom stereocenters. The number of para-hydroxylation sites is 2. The van der Waals surface area contributed by atoms with Crippen LogP contribution < -0.4 is 20.7 Å². The van der Waals surface area contributed by atoms with Gasteiger partial charge in [0.05, 0.1) is 48.0 Å². The fraction of sp³-hybridized carbons (Fsp3) is 0. The van der Waals surface area contributed by atoms with Crippen LogP contribution in [0, 0.1) is 0 Å². The second kappa shape index (κ2) is 12.5. The lowest BCUT2D eigenvalue weighted by atomic mass is 10.2. The van der Waals surface area contributed by atoms with E-state index in [0.717, 1.165) is 4.57 Å². The van der Waals surface area contributed by atoms with Crippen LogP contribution in [-0.4, -0.2) is 27.6 Å². The van der Waals surface area contributed by atoms with Crippen LogP contribution in [0.4, 0.5) is 0 Å². The standard InChI is InChI=1S/C45H32N4Si/c1-5-18-33(19-6-1)43-46-44(48-45(47-43)49-41-30-15-13-28-39(41)40-29-14-16-31-42(40)49)34-20-17-27-38(32-34)50(35-21-7-2-8-22-35,36-23-9-3-10-24-36)37-25-11-4-12-26-37/h1-32H/i1D,2D,3D,5D,6D,7D,8D,9D,10D,13D,14D,15D,16D,17D,18D,19D,20D,21D,22D,23D,24D,27D,28D,29D,30D,31D,32D. The molecule has 0 radical (unpaired) electrons. The normalized spacial score (nSPS) is 19.2. The molecule has 0 saturated heterocycles. The van der Waals surface area contributed by atoms with Gasteiger partial charge in [-0.05, 0) is 32.8 Å². The average molecular weight is 684 g/mol. The van der Waals surface area contributed by atoms with Crippen molar-refractivity contribution in [2.75, 3.05) is 0 Å². The zero-order chi connectivity index (χ0) is 56.8. The lowest BCUT2D eigenvalue weighted by Crippen LogP contribution is -2.74. The summed E-state index contributed by atoms with van der Waals surface area (Å²) in [6.07, 6.45) is 0. The van der Waals surface area contributed by atoms with Crippen LogP contribution in [0.25, 0.3) is 50.5 Å². The Labute approximate surface area is 330 Å². The van der Waals surface area contributed by atoms with Crippen molar-refractivity contribution in [2.24, 2.45) is 0 Å². The lowest BCUT2D eigenvalue weighted by molar-refractivity contribution is 0.953. The average Bonchev–Trinajstić information content (AvgIpc) is 3.80. The molecule has 2 aromatic heterocycles. The van der Waals surface area contributed by atoms with E-state index in [1.165, 1.54) is 30.3 Å². The molecule has 0 aliphatic heterocycles. The minimum Gasteiger partial charge on any atom is -0.278 e. The zero-order valence-corrected chi connectivity index (χ0v) is 26.2. The van der Waals surface area contributed by atoms with Crippen molar-refractivity contribution in [2.45, 2.75) is 0 Å². The van der Waals surface area contributed by atoms with Crippen molar-refractivity contribution in [3.63, 3.8) is 0 Å². The van der Waals surface area contributed by atoms with Crippen LogP contribution in [0.15, 0.2) is 193 Å². The fourth-order valence-electron chi connectivity index (χ4n) is 5.69. The molecular formula is C45H32N4Si. The minimum absolute atomic E-state index is 0.174. The number of nitrogens with zero attached hydrogens (tertiary/aromatic N) is 4. The molecule has 0 bridgehead atoms. The largest absolute Gasteiger partial charge is 0.278 e. The van der Waals surface area contributed by atoms with Crippen molar-refractivity contribution in [1.82, 2.24) is 19.5 Å². The molecule has 0 N–H and O–H groups in total. The van der Waals surface area contributed by atoms with Crippen molar-refractivity contribution < 1.29 is 37.0 Å². The third-order valence-corrected chi connectivity index (χ3v) is 12.0. The smallest absolute Gasteiger partial charge is 0.238 e. The fourth-order valence-corrected chi connectivity index (χ4v) is 9.56. The van der Waals surface area contributed by atoms with E-state index in [1.807, 2.05) is 0 Å². The molecule has 236 valence electrons. The van der Waals surface area contributed by atoms with Gasteiger partial charge in [0.1, 0.15) is 0 Å². The first kappa shape index (κ1) is 12.8. The molecule has 0 atom stereocenters. The van der Waals surface area contributed by atoms with Gasteiger partial charge >= 0.3 is 0 Å². The maximum Gasteiger partial charge on any atom is 0.238 e. The van der Waals surface area contributed by atoms with Gasteiger partial charge in [0.2, 0.25) is 5.95 Å². The van der Waals surface area contributed by atoms with Gasteiger partial charge in [-0.25, -0.2) is 4.98 Å². The van der Waals surface area contributed by atoms with Crippen LogP contribution in [-0.2, 0) is 0 Å². The topological polar surface area (TPSA) is 43.6 Å². The van der Waals surface area contributed by atoms with Crippen LogP contribution in [0.2, 0.25) is 0 Å². The third kappa shape index (κ3) is 4.95. The van der Waals surface area contributed by atoms with Crippen LogP contribution >= 0.6 is 0 Å². The molecule has 0 spiro atoms. The SMILES string of the molecule is [2H]c1c([2H])c([2H])c(-c2nc(-c3c([2H])c([2H])c([2H])c([Si](c4ccccc4)(c4c([2H])c([2H])c([2H])c([2H])c4[2H])c4c([2H])c([2H])c([2H])c([2H])c4[2H])c3[2H])nc(-n3c4c([2H])c([2H])c([2H])c([2H])c4c4c([2H])c([2H])c([2H])c([2H])c43)n2)c([2H])c1[2H]. The molecule has 9 rings (SSSR count). The van der Waals surface area contributed by atoms with E-state index in [2.05, 4.69) is 15.0 Å². The van der Waals surface area contributed by atoms with E-state index >= 15 is 0 Å². The van der Waals surface area contributed by atoms with Gasteiger partial charge in [0.25, 0.3) is 0 Å². The van der Waals surface area contributed by atoms with Gasteiger partial charge in [0, 0.05) is 21.9 Å². The summed E-state index contributed by atoms with van der Waals surface area (Å²) in [6.45, 7) is 0. The Kier molecular flexibility index (Phi) is 3.21. The molecule has 5 heteroatoms. The van der Waals surface area contributed by atoms with E-state index in [4.69, 9.17) is 26.0 Å². The molecule has 0 fully saturated rings. The van der Waals surface area contributed by atoms with E-state index < -0.39 is 237 Å². The van der Waals surface area contributed by atoms with Gasteiger partial charge in [0.15, 0.2) is 19.7 Å². The second-order valence-electron chi connectivity index (χ2n) is 10.4. The first-order valence-corrected chi connectivity index (χ1v) is 16.7. The molecule has 0 saturated carbocycles. The summed E-state index contributed by atoms with van der Waals surface area (Å²) in [4.78, 5) is 13.3. The summed E-state index contributed by atoms with van der Waals surface area (Å²) < 4.78 is 244. The van der Waals surface area contributed by atoms with Crippen LogP contribution in [0.3, 0.4) is 0 Å². The number of aromatic nitrogens is 4. The molecule has 4 nitrogen and oxygen atoms in total. The highest BCUT2D eigenvalue weighted by Gasteiger charge is 2.41. The Hall–Kier alpha value is -6.43. The molecule has 7 aromatic carbocycles. The summed E-state index contributed by atoms with van der Waals surface area (Å²) in [5, 5.41) is -3.50. The second-order valence-corrected chi connectivity index (χ2v) is 14.0. The number of hydrogen-bond acceptors (Lipinski definition) is 3. The Morgan fingerprint density at radius 3 is 1.50 bits per heavy atom. The predicted molar refractivity (Wildman–Crippen MR) is 209 cm³/mol. The molecule has 2 heterocycles. The van der Waals surface area contributed by atoms with Crippen molar-refractivity contribution >= 4 is 50.6 Å². The van der Waals surface area contributed by atoms with E-state index in [1.54, 1.807) is 0 Å². The number of rotatable bonds is 7. The molecule has 50 heavy (non-hydrogen) atoms. The third-order valence-electron chi connectivity index (χ3n) is 7.76. The van der Waals surface area contributed by atoms with Crippen molar-refractivity contribution in [3.8, 4) is 28.7 Å². The summed E-state index contributed by atoms with van der Waals surface area (Å²) in [6, 6.07) is -18.8. The van der Waals surface area contributed by atoms with Crippen LogP contribution in [0.5, 0.6) is 0 Å². The summed E-state index contributed by atoms with van der Waals surface area (Å²) >= 11 is 0. The Balaban J connectivity index is 1.59. The highest BCUT2D eigenvalue weighted by molar-refractivity contribution is 7.19. The molecule has 0 aliphatic carbocycles. The molecule has 0 aliphatic rings. The number of fused-ring (bicyclic) bond motifs is 3. The van der Waals surface area contributed by atoms with Gasteiger partial charge in [-0.2, -0.15) is 9.97 Å². The highest BCUT2D eigenvalue weighted by atomic mass is 28.3. The zero-order valence-electron chi connectivity index (χ0n) is 52.2. The quantitative estimate of drug-likeness (QED) is 0.128. The first-order valence-electron chi connectivity index (χ1n) is 28.2. The number of benzene rings is 7. The monoisotopic (exact) mass is 683 g/mol. The van der Waals surface area contributed by atoms with E-state index in [-0.39, 0.29) is 5.19 Å². The Bertz CT molecular complexity index is 3910. The van der Waals surface area contributed by atoms with Gasteiger partial charge in [-0.1, -0.05) is 181 Å². The van der Waals surface area contributed by atoms with Gasteiger partial charge in [-0.3, -0.25) is 4.57 Å². The first-order chi connectivity index (χ1) is 36.0. The summed E-state index contributed by atoms with van der Waals surface area (Å²) in [5.41, 5.74) is -2.92. The minimum atomic E-state index is -5.61. The van der Waals surface area contributed by atoms with Crippen molar-refractivity contribution in [3.05, 3.63) is 193 Å². The Morgan fingerprint density at radius 2 is 0.900 bits per heavy atom. The summed E-state index contributed by atoms with van der Waals surface area (Å²) in [5.74, 6) is -2.78. The van der Waals surface area contributed by atoms with Gasteiger partial charge < -0.3 is 0 Å². The maximum atomic E-state index is 10.3. The Morgan fingerprint density at radius 1 is 0.420 bits per heavy atom. The predicted octanol–water partition coefficient (Wildman–Crippen LogP) is 7.68. The maximum absolute atomic E-state index is 10.3. The molecular weight excluding hydrogens is 625 g/mol. The van der Waals surface area contributed by atoms with Crippen molar-refractivity contribution in [1.29, 1.82) is 0 Å². The van der Waals surface area contributed by atoms with Crippen LogP contribution in [0.1, 0.15) is 37.0 Å². The van der Waals surface area contributed by atoms with E-state index in [9.17, 15) is 11.0 Å². The summed E-state index contributed by atoms with van der Waals surface area (Å²) in [7, 11) is -5.61. The number of hydrogen-bond donors (Lipinski definition) is 0. The lowest BCUT2D eigenvalue weighted by Gasteiger charge is -2.34. The van der Waals surface area contributed by atoms with Gasteiger partial charge in [-0.15, -0.1) is 0 Å². The molecule has 9 aromatic rings. The molecule has 0 amide bonds. The van der Waals surface area contributed by atoms with E-state index in [0.29, 0.717) is 0 Å². The highest BCUT2D eigenvalue weighted by Crippen LogP contribution is 2.32.